The SMILES string of the molecule is COC(C)(C)C(C)Nc1nnc(CC(C)C)s1. The summed E-state index contributed by atoms with van der Waals surface area (Å²) >= 11 is 1.63. The van der Waals surface area contributed by atoms with Crippen molar-refractivity contribution in [1.29, 1.82) is 0 Å². The number of hydrogen-bond donors (Lipinski definition) is 1. The van der Waals surface area contributed by atoms with Crippen LogP contribution in [0.15, 0.2) is 0 Å². The number of anilines is 1. The molecule has 0 fully saturated rings. The van der Waals surface area contributed by atoms with Crippen molar-refractivity contribution in [2.45, 2.75) is 52.7 Å². The minimum absolute atomic E-state index is 0.187. The zero-order valence-corrected chi connectivity index (χ0v) is 12.4. The molecule has 0 aliphatic rings. The van der Waals surface area contributed by atoms with Gasteiger partial charge in [0, 0.05) is 13.5 Å². The summed E-state index contributed by atoms with van der Waals surface area (Å²) in [5.74, 6) is 0.614. The molecule has 0 bridgehead atoms. The standard InChI is InChI=1S/C12H23N3OS/c1-8(2)7-10-14-15-11(17-10)13-9(3)12(4,5)16-6/h8-9H,7H2,1-6H3,(H,13,15). The lowest BCUT2D eigenvalue weighted by atomic mass is 10.0. The van der Waals surface area contributed by atoms with E-state index in [1.807, 2.05) is 0 Å². The lowest BCUT2D eigenvalue weighted by Crippen LogP contribution is -2.41. The molecule has 0 saturated heterocycles. The van der Waals surface area contributed by atoms with Crippen LogP contribution in [0.2, 0.25) is 0 Å². The van der Waals surface area contributed by atoms with Gasteiger partial charge in [0.25, 0.3) is 0 Å². The minimum Gasteiger partial charge on any atom is -0.377 e. The molecule has 98 valence electrons. The largest absolute Gasteiger partial charge is 0.377 e. The van der Waals surface area contributed by atoms with Gasteiger partial charge in [0.2, 0.25) is 5.13 Å². The Morgan fingerprint density at radius 1 is 1.29 bits per heavy atom. The van der Waals surface area contributed by atoms with Crippen LogP contribution in [0.3, 0.4) is 0 Å². The van der Waals surface area contributed by atoms with Crippen LogP contribution in [0.25, 0.3) is 0 Å². The lowest BCUT2D eigenvalue weighted by Gasteiger charge is -2.30. The van der Waals surface area contributed by atoms with Crippen molar-refractivity contribution in [3.63, 3.8) is 0 Å². The maximum Gasteiger partial charge on any atom is 0.205 e. The van der Waals surface area contributed by atoms with Crippen LogP contribution in [-0.2, 0) is 11.2 Å². The van der Waals surface area contributed by atoms with Crippen molar-refractivity contribution in [2.75, 3.05) is 12.4 Å². The molecule has 0 radical (unpaired) electrons. The highest BCUT2D eigenvalue weighted by Gasteiger charge is 2.26. The van der Waals surface area contributed by atoms with Crippen molar-refractivity contribution in [3.8, 4) is 0 Å². The summed E-state index contributed by atoms with van der Waals surface area (Å²) in [4.78, 5) is 0. The maximum absolute atomic E-state index is 5.44. The lowest BCUT2D eigenvalue weighted by molar-refractivity contribution is 0.0107. The van der Waals surface area contributed by atoms with Gasteiger partial charge in [-0.05, 0) is 26.7 Å². The first-order valence-electron chi connectivity index (χ1n) is 5.99. The smallest absolute Gasteiger partial charge is 0.205 e. The van der Waals surface area contributed by atoms with Crippen molar-refractivity contribution >= 4 is 16.5 Å². The molecular weight excluding hydrogens is 234 g/mol. The highest BCUT2D eigenvalue weighted by atomic mass is 32.1. The van der Waals surface area contributed by atoms with Gasteiger partial charge in [-0.25, -0.2) is 0 Å². The van der Waals surface area contributed by atoms with Crippen LogP contribution >= 0.6 is 11.3 Å². The van der Waals surface area contributed by atoms with Crippen LogP contribution in [0, 0.1) is 5.92 Å². The van der Waals surface area contributed by atoms with Crippen LogP contribution in [0.1, 0.15) is 39.6 Å². The first-order chi connectivity index (χ1) is 7.85. The van der Waals surface area contributed by atoms with E-state index in [0.29, 0.717) is 5.92 Å². The molecule has 1 heterocycles. The third-order valence-electron chi connectivity index (χ3n) is 2.96. The van der Waals surface area contributed by atoms with Crippen LogP contribution in [0.4, 0.5) is 5.13 Å². The first kappa shape index (κ1) is 14.4. The average molecular weight is 257 g/mol. The fraction of sp³-hybridized carbons (Fsp3) is 0.833. The maximum atomic E-state index is 5.44. The number of aromatic nitrogens is 2. The Kier molecular flexibility index (Phi) is 4.89. The Morgan fingerprint density at radius 2 is 1.94 bits per heavy atom. The molecule has 17 heavy (non-hydrogen) atoms. The molecule has 5 heteroatoms. The molecule has 1 rings (SSSR count). The zero-order valence-electron chi connectivity index (χ0n) is 11.6. The molecule has 4 nitrogen and oxygen atoms in total. The van der Waals surface area contributed by atoms with E-state index in [9.17, 15) is 0 Å². The van der Waals surface area contributed by atoms with Crippen LogP contribution in [-0.4, -0.2) is 29.0 Å². The monoisotopic (exact) mass is 257 g/mol. The van der Waals surface area contributed by atoms with E-state index in [1.165, 1.54) is 0 Å². The average Bonchev–Trinajstić information content (AvgIpc) is 2.64. The summed E-state index contributed by atoms with van der Waals surface area (Å²) in [6, 6.07) is 0.187. The van der Waals surface area contributed by atoms with E-state index in [2.05, 4.69) is 50.1 Å². The number of hydrogen-bond acceptors (Lipinski definition) is 5. The molecule has 1 aromatic heterocycles. The van der Waals surface area contributed by atoms with Gasteiger partial charge in [-0.2, -0.15) is 0 Å². The van der Waals surface area contributed by atoms with Gasteiger partial charge in [-0.1, -0.05) is 25.2 Å². The number of nitrogens with zero attached hydrogens (tertiary/aromatic N) is 2. The summed E-state index contributed by atoms with van der Waals surface area (Å²) < 4.78 is 5.44. The third-order valence-corrected chi connectivity index (χ3v) is 3.84. The molecule has 0 aliphatic heterocycles. The molecule has 1 N–H and O–H groups in total. The van der Waals surface area contributed by atoms with Gasteiger partial charge in [-0.3, -0.25) is 0 Å². The minimum atomic E-state index is -0.218. The second kappa shape index (κ2) is 5.78. The first-order valence-corrected chi connectivity index (χ1v) is 6.81. The summed E-state index contributed by atoms with van der Waals surface area (Å²) in [5, 5.41) is 13.6. The molecular formula is C12H23N3OS. The zero-order chi connectivity index (χ0) is 13.1. The number of rotatable bonds is 6. The Hall–Kier alpha value is -0.680. The van der Waals surface area contributed by atoms with Crippen LogP contribution < -0.4 is 5.32 Å². The van der Waals surface area contributed by atoms with Gasteiger partial charge in [-0.15, -0.1) is 10.2 Å². The highest BCUT2D eigenvalue weighted by molar-refractivity contribution is 7.15. The van der Waals surface area contributed by atoms with Crippen molar-refractivity contribution in [3.05, 3.63) is 5.01 Å². The van der Waals surface area contributed by atoms with Crippen molar-refractivity contribution in [1.82, 2.24) is 10.2 Å². The fourth-order valence-corrected chi connectivity index (χ4v) is 2.32. The molecule has 0 saturated carbocycles. The normalized spacial score (nSPS) is 14.1. The number of ether oxygens (including phenoxy) is 1. The molecule has 1 unspecified atom stereocenters. The van der Waals surface area contributed by atoms with E-state index < -0.39 is 0 Å². The van der Waals surface area contributed by atoms with Gasteiger partial charge in [0.05, 0.1) is 11.6 Å². The predicted molar refractivity (Wildman–Crippen MR) is 72.6 cm³/mol. The summed E-state index contributed by atoms with van der Waals surface area (Å²) in [6.45, 7) is 10.6. The van der Waals surface area contributed by atoms with Crippen molar-refractivity contribution < 1.29 is 4.74 Å². The summed E-state index contributed by atoms with van der Waals surface area (Å²) in [7, 11) is 1.72. The second-order valence-electron chi connectivity index (χ2n) is 5.27. The van der Waals surface area contributed by atoms with Gasteiger partial charge < -0.3 is 10.1 Å². The Bertz CT molecular complexity index is 349. The summed E-state index contributed by atoms with van der Waals surface area (Å²) in [5.41, 5.74) is -0.218. The molecule has 0 aliphatic carbocycles. The van der Waals surface area contributed by atoms with Gasteiger partial charge in [0.1, 0.15) is 5.01 Å². The molecule has 1 atom stereocenters. The Labute approximate surface area is 108 Å². The molecule has 0 spiro atoms. The topological polar surface area (TPSA) is 47.0 Å². The Morgan fingerprint density at radius 3 is 2.47 bits per heavy atom. The van der Waals surface area contributed by atoms with Gasteiger partial charge >= 0.3 is 0 Å². The summed E-state index contributed by atoms with van der Waals surface area (Å²) in [6.07, 6.45) is 0.987. The number of nitrogens with one attached hydrogen (secondary N) is 1. The van der Waals surface area contributed by atoms with E-state index in [1.54, 1.807) is 18.4 Å². The molecule has 0 aromatic carbocycles. The molecule has 1 aromatic rings. The van der Waals surface area contributed by atoms with Crippen molar-refractivity contribution in [2.24, 2.45) is 5.92 Å². The quantitative estimate of drug-likeness (QED) is 0.851. The fourth-order valence-electron chi connectivity index (χ4n) is 1.28. The van der Waals surface area contributed by atoms with E-state index in [4.69, 9.17) is 4.74 Å². The molecule has 0 amide bonds. The van der Waals surface area contributed by atoms with E-state index >= 15 is 0 Å². The second-order valence-corrected chi connectivity index (χ2v) is 6.33. The predicted octanol–water partition coefficient (Wildman–Crippen LogP) is 2.96. The Balaban J connectivity index is 2.60. The highest BCUT2D eigenvalue weighted by Crippen LogP contribution is 2.22. The number of methoxy groups -OCH3 is 1. The third kappa shape index (κ3) is 4.24. The van der Waals surface area contributed by atoms with E-state index in [-0.39, 0.29) is 11.6 Å². The van der Waals surface area contributed by atoms with Crippen LogP contribution in [0.5, 0.6) is 0 Å². The van der Waals surface area contributed by atoms with Gasteiger partial charge in [0.15, 0.2) is 0 Å². The van der Waals surface area contributed by atoms with E-state index in [0.717, 1.165) is 16.6 Å².